The largest absolute Gasteiger partial charge is 0.352 e. The van der Waals surface area contributed by atoms with Crippen molar-refractivity contribution >= 4 is 16.7 Å². The molecule has 122 valence electrons. The zero-order valence-corrected chi connectivity index (χ0v) is 13.7. The Kier molecular flexibility index (Phi) is 3.91. The van der Waals surface area contributed by atoms with Crippen LogP contribution in [0.3, 0.4) is 0 Å². The zero-order valence-electron chi connectivity index (χ0n) is 13.7. The van der Waals surface area contributed by atoms with Gasteiger partial charge in [-0.2, -0.15) is 5.26 Å². The number of hydrogen-bond donors (Lipinski definition) is 1. The fourth-order valence-corrected chi connectivity index (χ4v) is 3.08. The van der Waals surface area contributed by atoms with E-state index in [0.717, 1.165) is 40.3 Å². The van der Waals surface area contributed by atoms with E-state index in [9.17, 15) is 4.79 Å². The molecule has 0 unspecified atom stereocenters. The van der Waals surface area contributed by atoms with E-state index in [2.05, 4.69) is 22.4 Å². The number of carbonyl (C=O) groups is 1. The standard InChI is InChI=1S/C21H17N3O/c22-11-14-2-1-3-16(10-14)18-7-6-17(12-24-21(25)15-4-5-15)20-13-23-9-8-19(18)20/h1-3,6-10,13,15H,4-5,12H2,(H,24,25). The van der Waals surface area contributed by atoms with Gasteiger partial charge in [-0.05, 0) is 53.1 Å². The van der Waals surface area contributed by atoms with E-state index in [4.69, 9.17) is 5.26 Å². The molecule has 25 heavy (non-hydrogen) atoms. The lowest BCUT2D eigenvalue weighted by Gasteiger charge is -2.12. The van der Waals surface area contributed by atoms with Gasteiger partial charge in [0.1, 0.15) is 0 Å². The van der Waals surface area contributed by atoms with Crippen molar-refractivity contribution in [2.45, 2.75) is 19.4 Å². The Bertz CT molecular complexity index is 999. The third-order valence-electron chi connectivity index (χ3n) is 4.61. The van der Waals surface area contributed by atoms with Gasteiger partial charge < -0.3 is 5.32 Å². The number of pyridine rings is 1. The van der Waals surface area contributed by atoms with Crippen LogP contribution in [-0.2, 0) is 11.3 Å². The second kappa shape index (κ2) is 6.37. The molecule has 2 aromatic carbocycles. The quantitative estimate of drug-likeness (QED) is 0.792. The van der Waals surface area contributed by atoms with Crippen LogP contribution >= 0.6 is 0 Å². The third-order valence-corrected chi connectivity index (χ3v) is 4.61. The minimum absolute atomic E-state index is 0.142. The Labute approximate surface area is 146 Å². The summed E-state index contributed by atoms with van der Waals surface area (Å²) in [6.45, 7) is 0.510. The van der Waals surface area contributed by atoms with Gasteiger partial charge in [-0.15, -0.1) is 0 Å². The fourth-order valence-electron chi connectivity index (χ4n) is 3.08. The maximum atomic E-state index is 11.9. The molecule has 1 aliphatic carbocycles. The molecular weight excluding hydrogens is 310 g/mol. The number of fused-ring (bicyclic) bond motifs is 1. The number of hydrogen-bond acceptors (Lipinski definition) is 3. The van der Waals surface area contributed by atoms with Crippen molar-refractivity contribution in [1.82, 2.24) is 10.3 Å². The summed E-state index contributed by atoms with van der Waals surface area (Å²) in [4.78, 5) is 16.2. The number of nitriles is 1. The van der Waals surface area contributed by atoms with Crippen molar-refractivity contribution in [3.05, 3.63) is 66.0 Å². The van der Waals surface area contributed by atoms with E-state index >= 15 is 0 Å². The number of benzene rings is 2. The number of aromatic nitrogens is 1. The highest BCUT2D eigenvalue weighted by Gasteiger charge is 2.29. The van der Waals surface area contributed by atoms with Crippen LogP contribution in [0.5, 0.6) is 0 Å². The minimum Gasteiger partial charge on any atom is -0.352 e. The predicted octanol–water partition coefficient (Wildman–Crippen LogP) is 3.80. The van der Waals surface area contributed by atoms with Gasteiger partial charge in [-0.3, -0.25) is 9.78 Å². The van der Waals surface area contributed by atoms with E-state index < -0.39 is 0 Å². The van der Waals surface area contributed by atoms with Crippen molar-refractivity contribution < 1.29 is 4.79 Å². The molecule has 0 saturated heterocycles. The van der Waals surface area contributed by atoms with Gasteiger partial charge in [0.2, 0.25) is 5.91 Å². The molecule has 0 atom stereocenters. The van der Waals surface area contributed by atoms with Crippen molar-refractivity contribution in [3.63, 3.8) is 0 Å². The third kappa shape index (κ3) is 3.09. The van der Waals surface area contributed by atoms with E-state index in [1.165, 1.54) is 0 Å². The average Bonchev–Trinajstić information content (AvgIpc) is 3.51. The maximum absolute atomic E-state index is 11.9. The highest BCUT2D eigenvalue weighted by Crippen LogP contribution is 2.32. The molecule has 1 saturated carbocycles. The Morgan fingerprint density at radius 2 is 2.08 bits per heavy atom. The predicted molar refractivity (Wildman–Crippen MR) is 96.5 cm³/mol. The average molecular weight is 327 g/mol. The lowest BCUT2D eigenvalue weighted by Crippen LogP contribution is -2.24. The molecule has 4 rings (SSSR count). The molecule has 0 aliphatic heterocycles. The van der Waals surface area contributed by atoms with E-state index in [0.29, 0.717) is 12.1 Å². The minimum atomic E-state index is 0.142. The van der Waals surface area contributed by atoms with Crippen molar-refractivity contribution in [3.8, 4) is 17.2 Å². The van der Waals surface area contributed by atoms with Crippen LogP contribution in [0.1, 0.15) is 24.0 Å². The molecule has 1 N–H and O–H groups in total. The van der Waals surface area contributed by atoms with E-state index in [1.54, 1.807) is 12.3 Å². The van der Waals surface area contributed by atoms with Crippen LogP contribution in [0.2, 0.25) is 0 Å². The number of rotatable bonds is 4. The number of amides is 1. The molecule has 1 aromatic heterocycles. The topological polar surface area (TPSA) is 65.8 Å². The summed E-state index contributed by atoms with van der Waals surface area (Å²) < 4.78 is 0. The second-order valence-electron chi connectivity index (χ2n) is 6.38. The molecule has 4 nitrogen and oxygen atoms in total. The van der Waals surface area contributed by atoms with Gasteiger partial charge in [-0.1, -0.05) is 24.3 Å². The molecule has 0 spiro atoms. The van der Waals surface area contributed by atoms with Gasteiger partial charge in [0.05, 0.1) is 11.6 Å². The fraction of sp³-hybridized carbons (Fsp3) is 0.190. The Morgan fingerprint density at radius 1 is 1.20 bits per heavy atom. The first-order valence-corrected chi connectivity index (χ1v) is 8.40. The number of carbonyl (C=O) groups excluding carboxylic acids is 1. The summed E-state index contributed by atoms with van der Waals surface area (Å²) in [7, 11) is 0. The molecule has 1 fully saturated rings. The molecule has 1 heterocycles. The lowest BCUT2D eigenvalue weighted by atomic mass is 9.95. The van der Waals surface area contributed by atoms with Crippen LogP contribution in [-0.4, -0.2) is 10.9 Å². The van der Waals surface area contributed by atoms with Crippen LogP contribution in [0.25, 0.3) is 21.9 Å². The lowest BCUT2D eigenvalue weighted by molar-refractivity contribution is -0.122. The molecule has 4 heteroatoms. The molecule has 3 aromatic rings. The first-order chi connectivity index (χ1) is 12.3. The van der Waals surface area contributed by atoms with Gasteiger partial charge >= 0.3 is 0 Å². The number of nitrogens with one attached hydrogen (secondary N) is 1. The summed E-state index contributed by atoms with van der Waals surface area (Å²) in [6, 6.07) is 15.8. The summed E-state index contributed by atoms with van der Waals surface area (Å²) in [5.74, 6) is 0.347. The smallest absolute Gasteiger partial charge is 0.223 e. The molecule has 1 amide bonds. The molecule has 0 bridgehead atoms. The van der Waals surface area contributed by atoms with Gasteiger partial charge in [0.25, 0.3) is 0 Å². The van der Waals surface area contributed by atoms with E-state index in [-0.39, 0.29) is 11.8 Å². The van der Waals surface area contributed by atoms with Crippen LogP contribution < -0.4 is 5.32 Å². The molecule has 1 aliphatic rings. The number of nitrogens with zero attached hydrogens (tertiary/aromatic N) is 2. The van der Waals surface area contributed by atoms with Gasteiger partial charge in [0.15, 0.2) is 0 Å². The Hall–Kier alpha value is -3.19. The maximum Gasteiger partial charge on any atom is 0.223 e. The Balaban J connectivity index is 1.73. The monoisotopic (exact) mass is 327 g/mol. The highest BCUT2D eigenvalue weighted by atomic mass is 16.2. The zero-order chi connectivity index (χ0) is 17.2. The van der Waals surface area contributed by atoms with Crippen molar-refractivity contribution in [2.24, 2.45) is 5.92 Å². The van der Waals surface area contributed by atoms with Crippen LogP contribution in [0.15, 0.2) is 54.9 Å². The van der Waals surface area contributed by atoms with Crippen LogP contribution in [0.4, 0.5) is 0 Å². The van der Waals surface area contributed by atoms with Crippen molar-refractivity contribution in [1.29, 1.82) is 5.26 Å². The SMILES string of the molecule is N#Cc1cccc(-c2ccc(CNC(=O)C3CC3)c3cnccc23)c1. The summed E-state index contributed by atoms with van der Waals surface area (Å²) in [6.07, 6.45) is 5.61. The normalized spacial score (nSPS) is 13.4. The van der Waals surface area contributed by atoms with E-state index in [1.807, 2.05) is 36.5 Å². The first-order valence-electron chi connectivity index (χ1n) is 8.40. The summed E-state index contributed by atoms with van der Waals surface area (Å²) in [5, 5.41) is 14.3. The van der Waals surface area contributed by atoms with Crippen LogP contribution in [0, 0.1) is 17.2 Å². The summed E-state index contributed by atoms with van der Waals surface area (Å²) in [5.41, 5.74) is 3.76. The Morgan fingerprint density at radius 3 is 2.88 bits per heavy atom. The van der Waals surface area contributed by atoms with Crippen molar-refractivity contribution in [2.75, 3.05) is 0 Å². The first kappa shape index (κ1) is 15.3. The highest BCUT2D eigenvalue weighted by molar-refractivity contribution is 5.98. The van der Waals surface area contributed by atoms with Gasteiger partial charge in [-0.25, -0.2) is 0 Å². The molecule has 0 radical (unpaired) electrons. The van der Waals surface area contributed by atoms with Gasteiger partial charge in [0, 0.05) is 30.2 Å². The second-order valence-corrected chi connectivity index (χ2v) is 6.38. The summed E-state index contributed by atoms with van der Waals surface area (Å²) >= 11 is 0. The molecular formula is C21H17N3O.